The van der Waals surface area contributed by atoms with E-state index in [2.05, 4.69) is 24.5 Å². The summed E-state index contributed by atoms with van der Waals surface area (Å²) in [4.78, 5) is 24.4. The lowest BCUT2D eigenvalue weighted by Crippen LogP contribution is -2.25. The molecule has 2 aromatic rings. The molecule has 132 valence electrons. The van der Waals surface area contributed by atoms with Crippen molar-refractivity contribution in [3.8, 4) is 0 Å². The Balaban J connectivity index is 2.00. The zero-order valence-corrected chi connectivity index (χ0v) is 15.5. The number of amides is 2. The van der Waals surface area contributed by atoms with Crippen LogP contribution in [0.25, 0.3) is 0 Å². The number of hydrogen-bond acceptors (Lipinski definition) is 2. The normalized spacial score (nSPS) is 10.6. The van der Waals surface area contributed by atoms with E-state index in [-0.39, 0.29) is 11.8 Å². The highest BCUT2D eigenvalue weighted by atomic mass is 35.5. The molecule has 0 saturated carbocycles. The highest BCUT2D eigenvalue weighted by molar-refractivity contribution is 6.31. The van der Waals surface area contributed by atoms with Crippen molar-refractivity contribution >= 4 is 29.1 Å². The molecule has 2 N–H and O–H groups in total. The maximum absolute atomic E-state index is 12.4. The van der Waals surface area contributed by atoms with Gasteiger partial charge in [0.1, 0.15) is 0 Å². The zero-order chi connectivity index (χ0) is 18.4. The van der Waals surface area contributed by atoms with Gasteiger partial charge >= 0.3 is 0 Å². The van der Waals surface area contributed by atoms with E-state index in [1.54, 1.807) is 42.5 Å². The third kappa shape index (κ3) is 5.33. The van der Waals surface area contributed by atoms with E-state index < -0.39 is 0 Å². The minimum absolute atomic E-state index is 0.127. The molecule has 4 nitrogen and oxygen atoms in total. The van der Waals surface area contributed by atoms with Crippen LogP contribution in [0, 0.1) is 12.8 Å². The standard InChI is InChI=1S/C20H23ClN2O2/c1-13(2)11-12-22-19(24)15-7-9-16(10-8-15)20(25)23-18-6-4-5-17(21)14(18)3/h4-10,13H,11-12H2,1-3H3,(H,22,24)(H,23,25). The molecule has 2 amide bonds. The molecule has 0 saturated heterocycles. The van der Waals surface area contributed by atoms with Crippen LogP contribution in [-0.4, -0.2) is 18.4 Å². The van der Waals surface area contributed by atoms with Gasteiger partial charge in [-0.3, -0.25) is 9.59 Å². The number of carbonyl (C=O) groups is 2. The molecule has 0 aliphatic heterocycles. The van der Waals surface area contributed by atoms with Crippen molar-refractivity contribution in [2.45, 2.75) is 27.2 Å². The van der Waals surface area contributed by atoms with Crippen LogP contribution in [0.3, 0.4) is 0 Å². The van der Waals surface area contributed by atoms with Crippen LogP contribution in [0.15, 0.2) is 42.5 Å². The Morgan fingerprint density at radius 2 is 1.60 bits per heavy atom. The first-order chi connectivity index (χ1) is 11.9. The predicted molar refractivity (Wildman–Crippen MR) is 102 cm³/mol. The zero-order valence-electron chi connectivity index (χ0n) is 14.7. The molecule has 0 radical (unpaired) electrons. The molecule has 25 heavy (non-hydrogen) atoms. The molecular weight excluding hydrogens is 336 g/mol. The Hall–Kier alpha value is -2.33. The van der Waals surface area contributed by atoms with Crippen molar-refractivity contribution in [1.29, 1.82) is 0 Å². The van der Waals surface area contributed by atoms with Crippen LogP contribution >= 0.6 is 11.6 Å². The minimum atomic E-state index is -0.239. The maximum atomic E-state index is 12.4. The quantitative estimate of drug-likeness (QED) is 0.787. The fourth-order valence-corrected chi connectivity index (χ4v) is 2.46. The largest absolute Gasteiger partial charge is 0.352 e. The summed E-state index contributed by atoms with van der Waals surface area (Å²) in [5, 5.41) is 6.32. The molecule has 0 aliphatic carbocycles. The number of benzene rings is 2. The van der Waals surface area contributed by atoms with E-state index >= 15 is 0 Å². The third-order valence-corrected chi connectivity index (χ3v) is 4.34. The van der Waals surface area contributed by atoms with Gasteiger partial charge in [0.15, 0.2) is 0 Å². The van der Waals surface area contributed by atoms with Gasteiger partial charge in [0.25, 0.3) is 11.8 Å². The van der Waals surface area contributed by atoms with Gasteiger partial charge in [0.2, 0.25) is 0 Å². The van der Waals surface area contributed by atoms with Gasteiger partial charge in [0.05, 0.1) is 0 Å². The van der Waals surface area contributed by atoms with Gasteiger partial charge in [-0.15, -0.1) is 0 Å². The van der Waals surface area contributed by atoms with Crippen molar-refractivity contribution in [3.05, 3.63) is 64.2 Å². The van der Waals surface area contributed by atoms with Crippen molar-refractivity contribution in [1.82, 2.24) is 5.32 Å². The summed E-state index contributed by atoms with van der Waals surface area (Å²) < 4.78 is 0. The first-order valence-corrected chi connectivity index (χ1v) is 8.71. The molecule has 0 atom stereocenters. The molecule has 0 aliphatic rings. The molecule has 2 aromatic carbocycles. The number of rotatable bonds is 6. The molecule has 5 heteroatoms. The summed E-state index contributed by atoms with van der Waals surface area (Å²) in [6.07, 6.45) is 0.936. The monoisotopic (exact) mass is 358 g/mol. The average molecular weight is 359 g/mol. The van der Waals surface area contributed by atoms with Crippen molar-refractivity contribution < 1.29 is 9.59 Å². The Morgan fingerprint density at radius 3 is 2.20 bits per heavy atom. The molecule has 0 unspecified atom stereocenters. The number of hydrogen-bond donors (Lipinski definition) is 2. The lowest BCUT2D eigenvalue weighted by Gasteiger charge is -2.10. The highest BCUT2D eigenvalue weighted by Crippen LogP contribution is 2.23. The summed E-state index contributed by atoms with van der Waals surface area (Å²) in [5.41, 5.74) is 2.52. The van der Waals surface area contributed by atoms with Crippen LogP contribution in [0.5, 0.6) is 0 Å². The average Bonchev–Trinajstić information content (AvgIpc) is 2.58. The van der Waals surface area contributed by atoms with Gasteiger partial charge in [-0.2, -0.15) is 0 Å². The molecule has 0 heterocycles. The van der Waals surface area contributed by atoms with Crippen LogP contribution in [0.4, 0.5) is 5.69 Å². The minimum Gasteiger partial charge on any atom is -0.352 e. The second-order valence-corrected chi connectivity index (χ2v) is 6.79. The van der Waals surface area contributed by atoms with Crippen LogP contribution in [-0.2, 0) is 0 Å². The fraction of sp³-hybridized carbons (Fsp3) is 0.300. The first kappa shape index (κ1) is 19.0. The topological polar surface area (TPSA) is 58.2 Å². The lowest BCUT2D eigenvalue weighted by atomic mass is 10.1. The number of anilines is 1. The van der Waals surface area contributed by atoms with Crippen LogP contribution in [0.2, 0.25) is 5.02 Å². The molecule has 0 aromatic heterocycles. The number of carbonyl (C=O) groups excluding carboxylic acids is 2. The van der Waals surface area contributed by atoms with Gasteiger partial charge in [-0.25, -0.2) is 0 Å². The maximum Gasteiger partial charge on any atom is 0.255 e. The summed E-state index contributed by atoms with van der Waals surface area (Å²) >= 11 is 6.06. The van der Waals surface area contributed by atoms with E-state index in [0.29, 0.717) is 34.3 Å². The summed E-state index contributed by atoms with van der Waals surface area (Å²) in [7, 11) is 0. The second kappa shape index (κ2) is 8.67. The third-order valence-electron chi connectivity index (χ3n) is 3.93. The smallest absolute Gasteiger partial charge is 0.255 e. The van der Waals surface area contributed by atoms with E-state index in [0.717, 1.165) is 12.0 Å². The summed E-state index contributed by atoms with van der Waals surface area (Å²) in [6.45, 7) is 6.72. The predicted octanol–water partition coefficient (Wildman–Crippen LogP) is 4.68. The number of halogens is 1. The summed E-state index contributed by atoms with van der Waals surface area (Å²) in [6, 6.07) is 12.0. The number of nitrogens with one attached hydrogen (secondary N) is 2. The van der Waals surface area contributed by atoms with E-state index in [9.17, 15) is 9.59 Å². The molecular formula is C20H23ClN2O2. The molecule has 0 spiro atoms. The second-order valence-electron chi connectivity index (χ2n) is 6.38. The van der Waals surface area contributed by atoms with E-state index in [1.165, 1.54) is 0 Å². The molecule has 2 rings (SSSR count). The van der Waals surface area contributed by atoms with Crippen molar-refractivity contribution in [2.75, 3.05) is 11.9 Å². The van der Waals surface area contributed by atoms with Crippen molar-refractivity contribution in [3.63, 3.8) is 0 Å². The SMILES string of the molecule is Cc1c(Cl)cccc1NC(=O)c1ccc(C(=O)NCCC(C)C)cc1. The van der Waals surface area contributed by atoms with Crippen LogP contribution in [0.1, 0.15) is 46.5 Å². The fourth-order valence-electron chi connectivity index (χ4n) is 2.29. The van der Waals surface area contributed by atoms with Crippen molar-refractivity contribution in [2.24, 2.45) is 5.92 Å². The molecule has 0 fully saturated rings. The lowest BCUT2D eigenvalue weighted by molar-refractivity contribution is 0.0950. The Bertz CT molecular complexity index is 755. The Kier molecular flexibility index (Phi) is 6.59. The molecule has 0 bridgehead atoms. The van der Waals surface area contributed by atoms with Gasteiger partial charge in [0, 0.05) is 28.4 Å². The van der Waals surface area contributed by atoms with Crippen LogP contribution < -0.4 is 10.6 Å². The van der Waals surface area contributed by atoms with E-state index in [4.69, 9.17) is 11.6 Å². The highest BCUT2D eigenvalue weighted by Gasteiger charge is 2.11. The Labute approximate surface area is 153 Å². The van der Waals surface area contributed by atoms with Gasteiger partial charge < -0.3 is 10.6 Å². The Morgan fingerprint density at radius 1 is 1.00 bits per heavy atom. The van der Waals surface area contributed by atoms with E-state index in [1.807, 2.05) is 6.92 Å². The summed E-state index contributed by atoms with van der Waals surface area (Å²) in [5.74, 6) is 0.178. The first-order valence-electron chi connectivity index (χ1n) is 8.33. The van der Waals surface area contributed by atoms with Gasteiger partial charge in [-0.1, -0.05) is 31.5 Å². The van der Waals surface area contributed by atoms with Gasteiger partial charge in [-0.05, 0) is 61.2 Å².